The minimum atomic E-state index is -0.142. The molecule has 0 aliphatic carbocycles. The minimum absolute atomic E-state index is 0.0572. The predicted octanol–water partition coefficient (Wildman–Crippen LogP) is 1.63. The Morgan fingerprint density at radius 3 is 2.95 bits per heavy atom. The average molecular weight is 257 g/mol. The Morgan fingerprint density at radius 2 is 2.16 bits per heavy atom. The van der Waals surface area contributed by atoms with Crippen LogP contribution in [0.25, 0.3) is 11.0 Å². The first-order valence-corrected chi connectivity index (χ1v) is 6.32. The summed E-state index contributed by atoms with van der Waals surface area (Å²) in [7, 11) is 1.43. The summed E-state index contributed by atoms with van der Waals surface area (Å²) < 4.78 is 4.79. The fourth-order valence-corrected chi connectivity index (χ4v) is 2.43. The molecule has 0 bridgehead atoms. The fourth-order valence-electron chi connectivity index (χ4n) is 2.43. The third-order valence-corrected chi connectivity index (χ3v) is 3.48. The third-order valence-electron chi connectivity index (χ3n) is 3.48. The van der Waals surface area contributed by atoms with Crippen LogP contribution in [0, 0.1) is 5.92 Å². The quantitative estimate of drug-likeness (QED) is 0.765. The Kier molecular flexibility index (Phi) is 3.03. The number of carbonyl (C=O) groups excluding carboxylic acids is 1. The largest absolute Gasteiger partial charge is 0.469 e. The number of ether oxygens (including phenoxy) is 1. The third kappa shape index (κ3) is 2.23. The molecular weight excluding hydrogens is 242 g/mol. The van der Waals surface area contributed by atoms with E-state index >= 15 is 0 Å². The monoisotopic (exact) mass is 257 g/mol. The number of benzene rings is 1. The van der Waals surface area contributed by atoms with Crippen LogP contribution in [-0.2, 0) is 9.53 Å². The van der Waals surface area contributed by atoms with Gasteiger partial charge in [-0.2, -0.15) is 0 Å². The number of methoxy groups -OCH3 is 1. The molecule has 1 saturated heterocycles. The maximum atomic E-state index is 11.5. The number of nitrogens with zero attached hydrogens (tertiary/aromatic N) is 3. The highest BCUT2D eigenvalue weighted by molar-refractivity contribution is 5.76. The van der Waals surface area contributed by atoms with Gasteiger partial charge in [0.2, 0.25) is 0 Å². The van der Waals surface area contributed by atoms with Crippen LogP contribution < -0.4 is 4.90 Å². The predicted molar refractivity (Wildman–Crippen MR) is 71.9 cm³/mol. The molecule has 0 saturated carbocycles. The number of anilines is 1. The molecule has 1 aromatic heterocycles. The Labute approximate surface area is 111 Å². The number of aromatic nitrogens is 2. The van der Waals surface area contributed by atoms with Crippen molar-refractivity contribution in [1.29, 1.82) is 0 Å². The van der Waals surface area contributed by atoms with E-state index in [0.29, 0.717) is 6.54 Å². The molecule has 19 heavy (non-hydrogen) atoms. The molecule has 1 aliphatic heterocycles. The van der Waals surface area contributed by atoms with Crippen molar-refractivity contribution in [1.82, 2.24) is 9.97 Å². The van der Waals surface area contributed by atoms with E-state index in [2.05, 4.69) is 14.9 Å². The summed E-state index contributed by atoms with van der Waals surface area (Å²) in [5, 5.41) is 0. The van der Waals surface area contributed by atoms with Crippen molar-refractivity contribution in [2.75, 3.05) is 25.1 Å². The van der Waals surface area contributed by atoms with Crippen LogP contribution >= 0.6 is 0 Å². The van der Waals surface area contributed by atoms with E-state index in [1.165, 1.54) is 7.11 Å². The summed E-state index contributed by atoms with van der Waals surface area (Å²) in [6.07, 6.45) is 2.57. The molecule has 1 fully saturated rings. The van der Waals surface area contributed by atoms with Gasteiger partial charge < -0.3 is 9.64 Å². The van der Waals surface area contributed by atoms with E-state index < -0.39 is 0 Å². The van der Waals surface area contributed by atoms with Gasteiger partial charge >= 0.3 is 5.97 Å². The summed E-state index contributed by atoms with van der Waals surface area (Å²) in [5.41, 5.74) is 1.76. The lowest BCUT2D eigenvalue weighted by Crippen LogP contribution is -2.24. The van der Waals surface area contributed by atoms with Crippen molar-refractivity contribution in [3.05, 3.63) is 30.5 Å². The molecule has 2 aromatic rings. The van der Waals surface area contributed by atoms with E-state index in [1.807, 2.05) is 24.3 Å². The summed E-state index contributed by atoms with van der Waals surface area (Å²) >= 11 is 0. The Hall–Kier alpha value is -2.17. The maximum absolute atomic E-state index is 11.5. The van der Waals surface area contributed by atoms with Crippen molar-refractivity contribution in [2.45, 2.75) is 6.42 Å². The van der Waals surface area contributed by atoms with Crippen molar-refractivity contribution in [3.8, 4) is 0 Å². The van der Waals surface area contributed by atoms with E-state index in [-0.39, 0.29) is 11.9 Å². The first kappa shape index (κ1) is 11.9. The van der Waals surface area contributed by atoms with E-state index in [1.54, 1.807) is 6.20 Å². The zero-order valence-corrected chi connectivity index (χ0v) is 10.7. The molecule has 5 nitrogen and oxygen atoms in total. The van der Waals surface area contributed by atoms with E-state index in [9.17, 15) is 4.79 Å². The van der Waals surface area contributed by atoms with Crippen LogP contribution in [-0.4, -0.2) is 36.1 Å². The Morgan fingerprint density at radius 1 is 1.37 bits per heavy atom. The molecule has 5 heteroatoms. The molecule has 1 aliphatic rings. The van der Waals surface area contributed by atoms with Gasteiger partial charge in [0.25, 0.3) is 0 Å². The van der Waals surface area contributed by atoms with Gasteiger partial charge in [-0.25, -0.2) is 4.98 Å². The normalized spacial score (nSPS) is 18.8. The number of hydrogen-bond acceptors (Lipinski definition) is 5. The lowest BCUT2D eigenvalue weighted by atomic mass is 10.1. The summed E-state index contributed by atoms with van der Waals surface area (Å²) in [5.74, 6) is 0.625. The van der Waals surface area contributed by atoms with Crippen LogP contribution in [0.3, 0.4) is 0 Å². The van der Waals surface area contributed by atoms with E-state index in [0.717, 1.165) is 29.8 Å². The molecule has 2 heterocycles. The van der Waals surface area contributed by atoms with Crippen LogP contribution in [0.15, 0.2) is 30.5 Å². The van der Waals surface area contributed by atoms with Crippen molar-refractivity contribution in [2.24, 2.45) is 5.92 Å². The number of para-hydroxylation sites is 2. The molecule has 1 unspecified atom stereocenters. The van der Waals surface area contributed by atoms with Crippen LogP contribution in [0.2, 0.25) is 0 Å². The first-order valence-electron chi connectivity index (χ1n) is 6.32. The second kappa shape index (κ2) is 4.84. The molecule has 0 radical (unpaired) electrons. The lowest BCUT2D eigenvalue weighted by Gasteiger charge is -2.16. The van der Waals surface area contributed by atoms with Crippen molar-refractivity contribution < 1.29 is 9.53 Å². The molecule has 0 amide bonds. The van der Waals surface area contributed by atoms with Gasteiger partial charge in [-0.3, -0.25) is 9.78 Å². The molecule has 98 valence electrons. The second-order valence-electron chi connectivity index (χ2n) is 4.67. The molecule has 1 aromatic carbocycles. The zero-order valence-electron chi connectivity index (χ0n) is 10.7. The lowest BCUT2D eigenvalue weighted by molar-refractivity contribution is -0.144. The highest BCUT2D eigenvalue weighted by Crippen LogP contribution is 2.23. The topological polar surface area (TPSA) is 55.3 Å². The molecule has 0 spiro atoms. The molecule has 0 N–H and O–H groups in total. The van der Waals surface area contributed by atoms with Crippen molar-refractivity contribution >= 4 is 22.8 Å². The van der Waals surface area contributed by atoms with Crippen LogP contribution in [0.5, 0.6) is 0 Å². The smallest absolute Gasteiger partial charge is 0.310 e. The number of hydrogen-bond donors (Lipinski definition) is 0. The standard InChI is InChI=1S/C14H15N3O2/c1-19-14(18)10-6-7-17(9-10)13-8-15-11-4-2-3-5-12(11)16-13/h2-5,8,10H,6-7,9H2,1H3. The zero-order chi connectivity index (χ0) is 13.2. The number of rotatable bonds is 2. The van der Waals surface area contributed by atoms with Crippen LogP contribution in [0.4, 0.5) is 5.82 Å². The van der Waals surface area contributed by atoms with Crippen LogP contribution in [0.1, 0.15) is 6.42 Å². The number of esters is 1. The second-order valence-corrected chi connectivity index (χ2v) is 4.67. The van der Waals surface area contributed by atoms with Gasteiger partial charge in [0.1, 0.15) is 5.82 Å². The molecular formula is C14H15N3O2. The summed E-state index contributed by atoms with van der Waals surface area (Å²) in [6, 6.07) is 7.77. The highest BCUT2D eigenvalue weighted by Gasteiger charge is 2.29. The molecule has 1 atom stereocenters. The highest BCUT2D eigenvalue weighted by atomic mass is 16.5. The number of fused-ring (bicyclic) bond motifs is 1. The van der Waals surface area contributed by atoms with Gasteiger partial charge in [0.05, 0.1) is 30.3 Å². The van der Waals surface area contributed by atoms with E-state index in [4.69, 9.17) is 4.74 Å². The Balaban J connectivity index is 1.83. The Bertz CT molecular complexity index is 614. The van der Waals surface area contributed by atoms with Gasteiger partial charge in [-0.15, -0.1) is 0 Å². The minimum Gasteiger partial charge on any atom is -0.469 e. The molecule has 3 rings (SSSR count). The summed E-state index contributed by atoms with van der Waals surface area (Å²) in [4.78, 5) is 22.6. The SMILES string of the molecule is COC(=O)C1CCN(c2cnc3ccccc3n2)C1. The maximum Gasteiger partial charge on any atom is 0.310 e. The van der Waals surface area contributed by atoms with Crippen molar-refractivity contribution in [3.63, 3.8) is 0 Å². The fraction of sp³-hybridized carbons (Fsp3) is 0.357. The van der Waals surface area contributed by atoms with Gasteiger partial charge in [-0.1, -0.05) is 12.1 Å². The van der Waals surface area contributed by atoms with Gasteiger partial charge in [-0.05, 0) is 18.6 Å². The van der Waals surface area contributed by atoms with Gasteiger partial charge in [0, 0.05) is 13.1 Å². The average Bonchev–Trinajstić information content (AvgIpc) is 2.95. The first-order chi connectivity index (χ1) is 9.28. The summed E-state index contributed by atoms with van der Waals surface area (Å²) in [6.45, 7) is 1.46. The van der Waals surface area contributed by atoms with Gasteiger partial charge in [0.15, 0.2) is 0 Å². The number of carbonyl (C=O) groups is 1.